The topological polar surface area (TPSA) is 84.5 Å². The Hall–Kier alpha value is -2.37. The summed E-state index contributed by atoms with van der Waals surface area (Å²) in [5, 5.41) is 5.08. The van der Waals surface area contributed by atoms with E-state index in [0.29, 0.717) is 18.5 Å². The number of esters is 1. The third-order valence-electron chi connectivity index (χ3n) is 2.68. The quantitative estimate of drug-likeness (QED) is 0.771. The van der Waals surface area contributed by atoms with Gasteiger partial charge < -0.3 is 15.4 Å². The van der Waals surface area contributed by atoms with Crippen LogP contribution in [0.25, 0.3) is 0 Å². The van der Waals surface area contributed by atoms with Crippen LogP contribution in [0, 0.1) is 0 Å². The Morgan fingerprint density at radius 1 is 1.32 bits per heavy atom. The summed E-state index contributed by atoms with van der Waals surface area (Å²) in [7, 11) is 0. The Kier molecular flexibility index (Phi) is 4.12. The summed E-state index contributed by atoms with van der Waals surface area (Å²) < 4.78 is 4.84. The molecule has 1 unspecified atom stereocenters. The van der Waals surface area contributed by atoms with Crippen molar-refractivity contribution in [3.8, 4) is 0 Å². The highest BCUT2D eigenvalue weighted by molar-refractivity contribution is 5.94. The molecule has 19 heavy (non-hydrogen) atoms. The molecule has 1 aromatic rings. The average Bonchev–Trinajstić information content (AvgIpc) is 2.84. The number of nitrogens with one attached hydrogen (secondary N) is 2. The van der Waals surface area contributed by atoms with E-state index < -0.39 is 17.9 Å². The molecule has 1 aliphatic heterocycles. The van der Waals surface area contributed by atoms with E-state index in [4.69, 9.17) is 4.74 Å². The fourth-order valence-corrected chi connectivity index (χ4v) is 1.75. The van der Waals surface area contributed by atoms with Gasteiger partial charge in [-0.1, -0.05) is 18.2 Å². The van der Waals surface area contributed by atoms with Crippen LogP contribution >= 0.6 is 0 Å². The van der Waals surface area contributed by atoms with Gasteiger partial charge >= 0.3 is 5.97 Å². The SMILES string of the molecule is O=C(COC(=O)C1CCC(=O)N1)Nc1ccccc1. The minimum atomic E-state index is -0.628. The summed E-state index contributed by atoms with van der Waals surface area (Å²) >= 11 is 0. The van der Waals surface area contributed by atoms with Crippen LogP contribution in [-0.4, -0.2) is 30.4 Å². The number of ether oxygens (including phenoxy) is 1. The molecule has 0 aromatic heterocycles. The highest BCUT2D eigenvalue weighted by Crippen LogP contribution is 2.08. The van der Waals surface area contributed by atoms with E-state index >= 15 is 0 Å². The molecule has 0 aliphatic carbocycles. The van der Waals surface area contributed by atoms with Crippen LogP contribution in [0.1, 0.15) is 12.8 Å². The van der Waals surface area contributed by atoms with Crippen LogP contribution in [-0.2, 0) is 19.1 Å². The summed E-state index contributed by atoms with van der Waals surface area (Å²) in [5.74, 6) is -1.16. The normalized spacial score (nSPS) is 17.7. The number of carbonyl (C=O) groups excluding carboxylic acids is 3. The van der Waals surface area contributed by atoms with E-state index in [0.717, 1.165) is 0 Å². The number of carbonyl (C=O) groups is 3. The Morgan fingerprint density at radius 2 is 2.05 bits per heavy atom. The first-order valence-corrected chi connectivity index (χ1v) is 5.96. The van der Waals surface area contributed by atoms with Crippen LogP contribution in [0.2, 0.25) is 0 Å². The predicted octanol–water partition coefficient (Wildman–Crippen LogP) is 0.447. The molecule has 1 aromatic carbocycles. The molecule has 0 radical (unpaired) electrons. The molecule has 2 N–H and O–H groups in total. The van der Waals surface area contributed by atoms with Gasteiger partial charge in [0.25, 0.3) is 5.91 Å². The average molecular weight is 262 g/mol. The molecular weight excluding hydrogens is 248 g/mol. The molecule has 0 saturated carbocycles. The molecule has 0 bridgehead atoms. The summed E-state index contributed by atoms with van der Waals surface area (Å²) in [4.78, 5) is 34.0. The van der Waals surface area contributed by atoms with Crippen molar-refractivity contribution in [3.05, 3.63) is 30.3 Å². The molecule has 1 saturated heterocycles. The van der Waals surface area contributed by atoms with E-state index in [9.17, 15) is 14.4 Å². The lowest BCUT2D eigenvalue weighted by molar-refractivity contribution is -0.149. The molecule has 1 fully saturated rings. The molecule has 6 heteroatoms. The van der Waals surface area contributed by atoms with Gasteiger partial charge in [-0.3, -0.25) is 9.59 Å². The summed E-state index contributed by atoms with van der Waals surface area (Å²) in [6.45, 7) is -0.361. The van der Waals surface area contributed by atoms with Crippen molar-refractivity contribution < 1.29 is 19.1 Å². The first kappa shape index (κ1) is 13.1. The smallest absolute Gasteiger partial charge is 0.329 e. The van der Waals surface area contributed by atoms with Crippen molar-refractivity contribution in [1.29, 1.82) is 0 Å². The highest BCUT2D eigenvalue weighted by atomic mass is 16.5. The maximum absolute atomic E-state index is 11.5. The van der Waals surface area contributed by atoms with Crippen molar-refractivity contribution in [2.24, 2.45) is 0 Å². The fourth-order valence-electron chi connectivity index (χ4n) is 1.75. The minimum Gasteiger partial charge on any atom is -0.454 e. The number of benzene rings is 1. The van der Waals surface area contributed by atoms with Gasteiger partial charge in [-0.25, -0.2) is 4.79 Å². The van der Waals surface area contributed by atoms with Gasteiger partial charge in [0, 0.05) is 12.1 Å². The number of para-hydroxylation sites is 1. The van der Waals surface area contributed by atoms with Gasteiger partial charge in [0.15, 0.2) is 6.61 Å². The third-order valence-corrected chi connectivity index (χ3v) is 2.68. The van der Waals surface area contributed by atoms with Crippen molar-refractivity contribution >= 4 is 23.5 Å². The molecule has 1 atom stereocenters. The van der Waals surface area contributed by atoms with E-state index in [-0.39, 0.29) is 12.5 Å². The van der Waals surface area contributed by atoms with Gasteiger partial charge in [-0.2, -0.15) is 0 Å². The lowest BCUT2D eigenvalue weighted by Crippen LogP contribution is -2.36. The monoisotopic (exact) mass is 262 g/mol. The third kappa shape index (κ3) is 3.80. The second-order valence-electron chi connectivity index (χ2n) is 4.18. The van der Waals surface area contributed by atoms with Gasteiger partial charge in [-0.15, -0.1) is 0 Å². The molecule has 6 nitrogen and oxygen atoms in total. The van der Waals surface area contributed by atoms with Gasteiger partial charge in [0.1, 0.15) is 6.04 Å². The molecule has 0 spiro atoms. The van der Waals surface area contributed by atoms with Crippen molar-refractivity contribution in [1.82, 2.24) is 5.32 Å². The van der Waals surface area contributed by atoms with E-state index in [1.165, 1.54) is 0 Å². The van der Waals surface area contributed by atoms with E-state index in [1.54, 1.807) is 24.3 Å². The van der Waals surface area contributed by atoms with Crippen LogP contribution in [0.5, 0.6) is 0 Å². The largest absolute Gasteiger partial charge is 0.454 e. The Balaban J connectivity index is 1.74. The van der Waals surface area contributed by atoms with Crippen LogP contribution in [0.3, 0.4) is 0 Å². The zero-order valence-corrected chi connectivity index (χ0v) is 10.2. The summed E-state index contributed by atoms with van der Waals surface area (Å²) in [5.41, 5.74) is 0.637. The van der Waals surface area contributed by atoms with Crippen LogP contribution in [0.15, 0.2) is 30.3 Å². The summed E-state index contributed by atoms with van der Waals surface area (Å²) in [6.07, 6.45) is 0.730. The van der Waals surface area contributed by atoms with Crippen molar-refractivity contribution in [2.45, 2.75) is 18.9 Å². The first-order chi connectivity index (χ1) is 9.15. The molecule has 1 heterocycles. The maximum Gasteiger partial charge on any atom is 0.329 e. The van der Waals surface area contributed by atoms with Crippen LogP contribution < -0.4 is 10.6 Å². The number of hydrogen-bond acceptors (Lipinski definition) is 4. The number of anilines is 1. The van der Waals surface area contributed by atoms with Gasteiger partial charge in [0.2, 0.25) is 5.91 Å². The van der Waals surface area contributed by atoms with Gasteiger partial charge in [0.05, 0.1) is 0 Å². The second-order valence-corrected chi connectivity index (χ2v) is 4.18. The molecule has 2 amide bonds. The molecule has 100 valence electrons. The Morgan fingerprint density at radius 3 is 2.68 bits per heavy atom. The van der Waals surface area contributed by atoms with E-state index in [1.807, 2.05) is 6.07 Å². The number of rotatable bonds is 4. The minimum absolute atomic E-state index is 0.171. The zero-order chi connectivity index (χ0) is 13.7. The lowest BCUT2D eigenvalue weighted by atomic mass is 10.2. The first-order valence-electron chi connectivity index (χ1n) is 5.96. The Bertz CT molecular complexity index is 487. The van der Waals surface area contributed by atoms with Crippen molar-refractivity contribution in [2.75, 3.05) is 11.9 Å². The molecule has 1 aliphatic rings. The lowest BCUT2D eigenvalue weighted by Gasteiger charge is -2.10. The van der Waals surface area contributed by atoms with E-state index in [2.05, 4.69) is 10.6 Å². The second kappa shape index (κ2) is 5.99. The standard InChI is InChI=1S/C13H14N2O4/c16-11-7-6-10(15-11)13(18)19-8-12(17)14-9-4-2-1-3-5-9/h1-5,10H,6-8H2,(H,14,17)(H,15,16). The Labute approximate surface area is 110 Å². The predicted molar refractivity (Wildman–Crippen MR) is 67.2 cm³/mol. The van der Waals surface area contributed by atoms with Crippen LogP contribution in [0.4, 0.5) is 5.69 Å². The maximum atomic E-state index is 11.5. The number of hydrogen-bond donors (Lipinski definition) is 2. The highest BCUT2D eigenvalue weighted by Gasteiger charge is 2.28. The zero-order valence-electron chi connectivity index (χ0n) is 10.2. The van der Waals surface area contributed by atoms with Gasteiger partial charge in [-0.05, 0) is 18.6 Å². The fraction of sp³-hybridized carbons (Fsp3) is 0.308. The summed E-state index contributed by atoms with van der Waals surface area (Å²) in [6, 6.07) is 8.24. The van der Waals surface area contributed by atoms with Crippen molar-refractivity contribution in [3.63, 3.8) is 0 Å². The molecular formula is C13H14N2O4. The number of amides is 2. The molecule has 2 rings (SSSR count).